The van der Waals surface area contributed by atoms with E-state index in [2.05, 4.69) is 54.2 Å². The van der Waals surface area contributed by atoms with Crippen LogP contribution in [0, 0.1) is 12.8 Å². The molecule has 0 bridgehead atoms. The number of halogens is 1. The van der Waals surface area contributed by atoms with Gasteiger partial charge in [0.25, 0.3) is 0 Å². The third-order valence-electron chi connectivity index (χ3n) is 3.47. The number of hydrogen-bond acceptors (Lipinski definition) is 1. The topological polar surface area (TPSA) is 29.1 Å². The molecule has 0 radical (unpaired) electrons. The van der Waals surface area contributed by atoms with E-state index >= 15 is 0 Å². The van der Waals surface area contributed by atoms with Gasteiger partial charge in [-0.15, -0.1) is 0 Å². The molecule has 1 heterocycles. The van der Waals surface area contributed by atoms with E-state index in [0.717, 1.165) is 16.5 Å². The lowest BCUT2D eigenvalue weighted by Gasteiger charge is -2.10. The second-order valence-electron chi connectivity index (χ2n) is 5.09. The van der Waals surface area contributed by atoms with E-state index in [0.29, 0.717) is 12.5 Å². The van der Waals surface area contributed by atoms with Crippen LogP contribution < -0.4 is 5.32 Å². The van der Waals surface area contributed by atoms with Crippen molar-refractivity contribution in [3.05, 3.63) is 44.9 Å². The second kappa shape index (κ2) is 5.27. The van der Waals surface area contributed by atoms with Crippen LogP contribution in [-0.2, 0) is 11.2 Å². The highest BCUT2D eigenvalue weighted by atomic mass is 79.9. The Kier molecular flexibility index (Phi) is 3.91. The van der Waals surface area contributed by atoms with Crippen molar-refractivity contribution >= 4 is 21.8 Å². The van der Waals surface area contributed by atoms with Crippen molar-refractivity contribution in [2.75, 3.05) is 6.54 Å². The fraction of sp³-hybridized carbons (Fsp3) is 0.400. The lowest BCUT2D eigenvalue weighted by Crippen LogP contribution is -2.18. The van der Waals surface area contributed by atoms with Gasteiger partial charge in [0.2, 0.25) is 5.91 Å². The van der Waals surface area contributed by atoms with Gasteiger partial charge in [0.15, 0.2) is 0 Å². The third kappa shape index (κ3) is 2.66. The van der Waals surface area contributed by atoms with Crippen molar-refractivity contribution in [2.45, 2.75) is 27.2 Å². The lowest BCUT2D eigenvalue weighted by molar-refractivity contribution is -0.116. The molecule has 3 heteroatoms. The van der Waals surface area contributed by atoms with E-state index in [-0.39, 0.29) is 5.91 Å². The van der Waals surface area contributed by atoms with Crippen molar-refractivity contribution in [1.29, 1.82) is 0 Å². The molecule has 0 fully saturated rings. The Morgan fingerprint density at radius 2 is 2.11 bits per heavy atom. The minimum absolute atomic E-state index is 0.0982. The number of rotatable bonds is 3. The number of aryl methyl sites for hydroxylation is 1. The molecule has 2 rings (SSSR count). The predicted octanol–water partition coefficient (Wildman–Crippen LogP) is 3.38. The molecule has 0 unspecified atom stereocenters. The summed E-state index contributed by atoms with van der Waals surface area (Å²) in [6.45, 7) is 7.08. The second-order valence-corrected chi connectivity index (χ2v) is 6.00. The van der Waals surface area contributed by atoms with Crippen LogP contribution in [-0.4, -0.2) is 12.5 Å². The number of nitrogens with one attached hydrogen (secondary N) is 1. The van der Waals surface area contributed by atoms with Crippen LogP contribution in [0.15, 0.2) is 33.8 Å². The van der Waals surface area contributed by atoms with Crippen LogP contribution >= 0.6 is 15.9 Å². The maximum Gasteiger partial charge on any atom is 0.247 e. The standard InChI is InChI=1S/C15H18BrNO/c1-9(2)14-8-17-15(18)13(14)7-11-4-5-12(16)6-10(11)3/h4-6,9H,7-8H2,1-3H3,(H,17,18). The summed E-state index contributed by atoms with van der Waals surface area (Å²) in [5, 5.41) is 2.93. The minimum Gasteiger partial charge on any atom is -0.349 e. The van der Waals surface area contributed by atoms with Crippen LogP contribution in [0.4, 0.5) is 0 Å². The Morgan fingerprint density at radius 1 is 1.39 bits per heavy atom. The lowest BCUT2D eigenvalue weighted by atomic mass is 9.93. The normalized spacial score (nSPS) is 15.5. The maximum absolute atomic E-state index is 11.9. The van der Waals surface area contributed by atoms with Gasteiger partial charge in [-0.05, 0) is 41.7 Å². The molecular weight excluding hydrogens is 290 g/mol. The highest BCUT2D eigenvalue weighted by Crippen LogP contribution is 2.25. The summed E-state index contributed by atoms with van der Waals surface area (Å²) < 4.78 is 1.08. The SMILES string of the molecule is Cc1cc(Br)ccc1CC1=C(C(C)C)CNC1=O. The van der Waals surface area contributed by atoms with E-state index < -0.39 is 0 Å². The zero-order chi connectivity index (χ0) is 13.3. The fourth-order valence-corrected chi connectivity index (χ4v) is 2.80. The summed E-state index contributed by atoms with van der Waals surface area (Å²) in [6.07, 6.45) is 0.735. The zero-order valence-electron chi connectivity index (χ0n) is 11.0. The first-order valence-corrected chi connectivity index (χ1v) is 7.03. The van der Waals surface area contributed by atoms with E-state index in [1.54, 1.807) is 0 Å². The fourth-order valence-electron chi connectivity index (χ4n) is 2.33. The first-order valence-electron chi connectivity index (χ1n) is 6.24. The summed E-state index contributed by atoms with van der Waals surface area (Å²) in [6, 6.07) is 6.22. The molecule has 1 aromatic carbocycles. The molecule has 0 spiro atoms. The van der Waals surface area contributed by atoms with Gasteiger partial charge in [-0.3, -0.25) is 4.79 Å². The van der Waals surface area contributed by atoms with Gasteiger partial charge in [0.05, 0.1) is 0 Å². The molecular formula is C15H18BrNO. The van der Waals surface area contributed by atoms with E-state index in [1.165, 1.54) is 16.7 Å². The van der Waals surface area contributed by atoms with Gasteiger partial charge in [-0.1, -0.05) is 35.8 Å². The molecule has 1 aliphatic rings. The molecule has 96 valence electrons. The van der Waals surface area contributed by atoms with Crippen LogP contribution in [0.2, 0.25) is 0 Å². The van der Waals surface area contributed by atoms with Crippen molar-refractivity contribution in [3.63, 3.8) is 0 Å². The Hall–Kier alpha value is -1.09. The quantitative estimate of drug-likeness (QED) is 0.911. The summed E-state index contributed by atoms with van der Waals surface area (Å²) in [7, 11) is 0. The molecule has 2 nitrogen and oxygen atoms in total. The summed E-state index contributed by atoms with van der Waals surface area (Å²) in [4.78, 5) is 11.9. The van der Waals surface area contributed by atoms with Gasteiger partial charge in [-0.25, -0.2) is 0 Å². The largest absolute Gasteiger partial charge is 0.349 e. The van der Waals surface area contributed by atoms with E-state index in [4.69, 9.17) is 0 Å². The van der Waals surface area contributed by atoms with Crippen LogP contribution in [0.3, 0.4) is 0 Å². The number of benzene rings is 1. The highest BCUT2D eigenvalue weighted by molar-refractivity contribution is 9.10. The molecule has 1 amide bonds. The molecule has 0 saturated carbocycles. The summed E-state index contributed by atoms with van der Waals surface area (Å²) >= 11 is 3.46. The number of hydrogen-bond donors (Lipinski definition) is 1. The van der Waals surface area contributed by atoms with Crippen LogP contribution in [0.5, 0.6) is 0 Å². The minimum atomic E-state index is 0.0982. The van der Waals surface area contributed by atoms with Gasteiger partial charge in [0, 0.05) is 23.0 Å². The molecule has 1 N–H and O–H groups in total. The summed E-state index contributed by atoms with van der Waals surface area (Å²) in [5.41, 5.74) is 4.65. The van der Waals surface area contributed by atoms with Crippen molar-refractivity contribution in [3.8, 4) is 0 Å². The van der Waals surface area contributed by atoms with Crippen molar-refractivity contribution in [2.24, 2.45) is 5.92 Å². The van der Waals surface area contributed by atoms with E-state index in [9.17, 15) is 4.79 Å². The molecule has 0 atom stereocenters. The molecule has 0 aliphatic carbocycles. The molecule has 0 saturated heterocycles. The van der Waals surface area contributed by atoms with Crippen LogP contribution in [0.25, 0.3) is 0 Å². The number of amides is 1. The monoisotopic (exact) mass is 307 g/mol. The van der Waals surface area contributed by atoms with Gasteiger partial charge < -0.3 is 5.32 Å². The number of carbonyl (C=O) groups is 1. The van der Waals surface area contributed by atoms with Gasteiger partial charge >= 0.3 is 0 Å². The third-order valence-corrected chi connectivity index (χ3v) is 3.96. The Labute approximate surface area is 117 Å². The molecule has 1 aliphatic heterocycles. The average molecular weight is 308 g/mol. The molecule has 1 aromatic rings. The molecule has 18 heavy (non-hydrogen) atoms. The average Bonchev–Trinajstić information content (AvgIpc) is 2.64. The first kappa shape index (κ1) is 13.3. The molecule has 0 aromatic heterocycles. The van der Waals surface area contributed by atoms with Crippen LogP contribution in [0.1, 0.15) is 25.0 Å². The number of carbonyl (C=O) groups excluding carboxylic acids is 1. The Balaban J connectivity index is 2.32. The Bertz CT molecular complexity index is 517. The van der Waals surface area contributed by atoms with Gasteiger partial charge in [-0.2, -0.15) is 0 Å². The Morgan fingerprint density at radius 3 is 2.72 bits per heavy atom. The first-order chi connectivity index (χ1) is 8.49. The highest BCUT2D eigenvalue weighted by Gasteiger charge is 2.24. The summed E-state index contributed by atoms with van der Waals surface area (Å²) in [5.74, 6) is 0.524. The van der Waals surface area contributed by atoms with E-state index in [1.807, 2.05) is 6.07 Å². The zero-order valence-corrected chi connectivity index (χ0v) is 12.6. The van der Waals surface area contributed by atoms with Gasteiger partial charge in [0.1, 0.15) is 0 Å². The van der Waals surface area contributed by atoms with Crippen molar-refractivity contribution < 1.29 is 4.79 Å². The maximum atomic E-state index is 11.9. The smallest absolute Gasteiger partial charge is 0.247 e. The predicted molar refractivity (Wildman–Crippen MR) is 77.5 cm³/mol. The van der Waals surface area contributed by atoms with Crippen molar-refractivity contribution in [1.82, 2.24) is 5.32 Å².